The molecule has 1 fully saturated rings. The first-order valence-electron chi connectivity index (χ1n) is 6.34. The van der Waals surface area contributed by atoms with Gasteiger partial charge in [0.2, 0.25) is 0 Å². The minimum atomic E-state index is -0.836. The van der Waals surface area contributed by atoms with Crippen molar-refractivity contribution in [3.8, 4) is 0 Å². The second kappa shape index (κ2) is 7.20. The summed E-state index contributed by atoms with van der Waals surface area (Å²) in [7, 11) is 1.72. The maximum atomic E-state index is 11.7. The summed E-state index contributed by atoms with van der Waals surface area (Å²) < 4.78 is 5.45. The smallest absolute Gasteiger partial charge is 0.317 e. The number of nitrogens with zero attached hydrogens (tertiary/aromatic N) is 1. The van der Waals surface area contributed by atoms with Gasteiger partial charge in [-0.05, 0) is 19.3 Å². The standard InChI is InChI=1S/C12H22N2O4/c1-9(11(15)16)5-6-13-12(17)14(2)8-10-4-3-7-18-10/h9-10H,3-8H2,1-2H3,(H,13,17)(H,15,16). The SMILES string of the molecule is CC(CCNC(=O)N(C)CC1CCCO1)C(=O)O. The van der Waals surface area contributed by atoms with E-state index in [1.165, 1.54) is 0 Å². The highest BCUT2D eigenvalue weighted by Crippen LogP contribution is 2.12. The first-order chi connectivity index (χ1) is 8.50. The van der Waals surface area contributed by atoms with Crippen molar-refractivity contribution in [3.63, 3.8) is 0 Å². The minimum absolute atomic E-state index is 0.138. The Bertz CT molecular complexity index is 290. The molecule has 104 valence electrons. The number of nitrogens with one attached hydrogen (secondary N) is 1. The van der Waals surface area contributed by atoms with Gasteiger partial charge in [0.15, 0.2) is 0 Å². The zero-order chi connectivity index (χ0) is 13.5. The molecule has 2 N–H and O–H groups in total. The highest BCUT2D eigenvalue weighted by Gasteiger charge is 2.20. The highest BCUT2D eigenvalue weighted by atomic mass is 16.5. The Kier molecular flexibility index (Phi) is 5.91. The van der Waals surface area contributed by atoms with E-state index in [0.717, 1.165) is 19.4 Å². The van der Waals surface area contributed by atoms with Crippen LogP contribution in [0.1, 0.15) is 26.2 Å². The molecule has 0 bridgehead atoms. The molecule has 1 rings (SSSR count). The van der Waals surface area contributed by atoms with Crippen molar-refractivity contribution in [2.24, 2.45) is 5.92 Å². The Morgan fingerprint density at radius 2 is 2.28 bits per heavy atom. The molecule has 1 aliphatic rings. The largest absolute Gasteiger partial charge is 0.481 e. The number of aliphatic carboxylic acids is 1. The predicted molar refractivity (Wildman–Crippen MR) is 66.4 cm³/mol. The Balaban J connectivity index is 2.16. The summed E-state index contributed by atoms with van der Waals surface area (Å²) in [5, 5.41) is 11.4. The normalized spacial score (nSPS) is 20.4. The molecule has 18 heavy (non-hydrogen) atoms. The Labute approximate surface area is 107 Å². The van der Waals surface area contributed by atoms with Gasteiger partial charge in [0, 0.05) is 26.7 Å². The van der Waals surface area contributed by atoms with Crippen LogP contribution in [0.25, 0.3) is 0 Å². The summed E-state index contributed by atoms with van der Waals surface area (Å²) in [6, 6.07) is -0.178. The van der Waals surface area contributed by atoms with E-state index in [9.17, 15) is 9.59 Å². The van der Waals surface area contributed by atoms with Gasteiger partial charge in [-0.3, -0.25) is 4.79 Å². The average molecular weight is 258 g/mol. The molecule has 0 aliphatic carbocycles. The molecule has 0 radical (unpaired) electrons. The lowest BCUT2D eigenvalue weighted by Crippen LogP contribution is -2.41. The van der Waals surface area contributed by atoms with Crippen LogP contribution in [0.15, 0.2) is 0 Å². The van der Waals surface area contributed by atoms with E-state index in [4.69, 9.17) is 9.84 Å². The second-order valence-electron chi connectivity index (χ2n) is 4.78. The van der Waals surface area contributed by atoms with Gasteiger partial charge in [0.05, 0.1) is 12.0 Å². The van der Waals surface area contributed by atoms with Crippen LogP contribution in [0, 0.1) is 5.92 Å². The first-order valence-corrected chi connectivity index (χ1v) is 6.34. The van der Waals surface area contributed by atoms with Crippen molar-refractivity contribution in [1.82, 2.24) is 10.2 Å². The number of rotatable bonds is 6. The number of carboxylic acid groups (broad SMARTS) is 1. The fourth-order valence-electron chi connectivity index (χ4n) is 1.83. The van der Waals surface area contributed by atoms with E-state index in [2.05, 4.69) is 5.32 Å². The fraction of sp³-hybridized carbons (Fsp3) is 0.833. The monoisotopic (exact) mass is 258 g/mol. The summed E-state index contributed by atoms with van der Waals surface area (Å²) >= 11 is 0. The Morgan fingerprint density at radius 1 is 1.56 bits per heavy atom. The van der Waals surface area contributed by atoms with Crippen molar-refractivity contribution in [2.45, 2.75) is 32.3 Å². The number of carboxylic acids is 1. The number of carbonyl (C=O) groups excluding carboxylic acids is 1. The number of urea groups is 1. The summed E-state index contributed by atoms with van der Waals surface area (Å²) in [5.74, 6) is -1.27. The topological polar surface area (TPSA) is 78.9 Å². The van der Waals surface area contributed by atoms with Crippen LogP contribution in [0.5, 0.6) is 0 Å². The Morgan fingerprint density at radius 3 is 2.83 bits per heavy atom. The number of amides is 2. The molecule has 0 saturated carbocycles. The molecule has 1 aliphatic heterocycles. The molecule has 1 heterocycles. The van der Waals surface area contributed by atoms with Gasteiger partial charge >= 0.3 is 12.0 Å². The molecule has 0 aromatic heterocycles. The van der Waals surface area contributed by atoms with Crippen LogP contribution in [-0.4, -0.2) is 54.9 Å². The molecular formula is C12H22N2O4. The van der Waals surface area contributed by atoms with Crippen molar-refractivity contribution < 1.29 is 19.4 Å². The van der Waals surface area contributed by atoms with Gasteiger partial charge in [0.1, 0.15) is 0 Å². The molecule has 2 amide bonds. The van der Waals surface area contributed by atoms with Gasteiger partial charge in [0.25, 0.3) is 0 Å². The lowest BCUT2D eigenvalue weighted by Gasteiger charge is -2.21. The quantitative estimate of drug-likeness (QED) is 0.742. The fourth-order valence-corrected chi connectivity index (χ4v) is 1.83. The van der Waals surface area contributed by atoms with Crippen LogP contribution in [-0.2, 0) is 9.53 Å². The highest BCUT2D eigenvalue weighted by molar-refractivity contribution is 5.74. The summed E-state index contributed by atoms with van der Waals surface area (Å²) in [6.07, 6.45) is 2.62. The van der Waals surface area contributed by atoms with Crippen molar-refractivity contribution in [1.29, 1.82) is 0 Å². The maximum absolute atomic E-state index is 11.7. The number of hydrogen-bond acceptors (Lipinski definition) is 3. The van der Waals surface area contributed by atoms with E-state index < -0.39 is 11.9 Å². The lowest BCUT2D eigenvalue weighted by molar-refractivity contribution is -0.141. The molecule has 6 heteroatoms. The van der Waals surface area contributed by atoms with Crippen LogP contribution in [0.4, 0.5) is 4.79 Å². The minimum Gasteiger partial charge on any atom is -0.481 e. The van der Waals surface area contributed by atoms with Crippen LogP contribution < -0.4 is 5.32 Å². The third-order valence-electron chi connectivity index (χ3n) is 3.12. The zero-order valence-corrected chi connectivity index (χ0v) is 11.0. The number of carbonyl (C=O) groups is 2. The molecule has 6 nitrogen and oxygen atoms in total. The lowest BCUT2D eigenvalue weighted by atomic mass is 10.1. The summed E-state index contributed by atoms with van der Waals surface area (Å²) in [6.45, 7) is 3.36. The van der Waals surface area contributed by atoms with Gasteiger partial charge in [-0.1, -0.05) is 6.92 Å². The van der Waals surface area contributed by atoms with Crippen molar-refractivity contribution in [2.75, 3.05) is 26.7 Å². The van der Waals surface area contributed by atoms with E-state index in [1.807, 2.05) is 0 Å². The van der Waals surface area contributed by atoms with Crippen LogP contribution >= 0.6 is 0 Å². The van der Waals surface area contributed by atoms with E-state index in [1.54, 1.807) is 18.9 Å². The number of hydrogen-bond donors (Lipinski definition) is 2. The van der Waals surface area contributed by atoms with E-state index >= 15 is 0 Å². The summed E-state index contributed by atoms with van der Waals surface area (Å²) in [4.78, 5) is 23.9. The van der Waals surface area contributed by atoms with Crippen molar-refractivity contribution in [3.05, 3.63) is 0 Å². The molecular weight excluding hydrogens is 236 g/mol. The van der Waals surface area contributed by atoms with Gasteiger partial charge in [-0.15, -0.1) is 0 Å². The Hall–Kier alpha value is -1.30. The average Bonchev–Trinajstić information content (AvgIpc) is 2.81. The molecule has 0 spiro atoms. The molecule has 0 aromatic rings. The van der Waals surface area contributed by atoms with E-state index in [0.29, 0.717) is 19.5 Å². The molecule has 2 unspecified atom stereocenters. The summed E-state index contributed by atoms with van der Waals surface area (Å²) in [5.41, 5.74) is 0. The maximum Gasteiger partial charge on any atom is 0.317 e. The first kappa shape index (κ1) is 14.8. The third-order valence-corrected chi connectivity index (χ3v) is 3.12. The van der Waals surface area contributed by atoms with Crippen LogP contribution in [0.3, 0.4) is 0 Å². The number of ether oxygens (including phenoxy) is 1. The number of likely N-dealkylation sites (N-methyl/N-ethyl adjacent to an activating group) is 1. The molecule has 1 saturated heterocycles. The van der Waals surface area contributed by atoms with Gasteiger partial charge in [-0.25, -0.2) is 4.79 Å². The zero-order valence-electron chi connectivity index (χ0n) is 11.0. The van der Waals surface area contributed by atoms with Gasteiger partial charge in [-0.2, -0.15) is 0 Å². The van der Waals surface area contributed by atoms with Crippen LogP contribution in [0.2, 0.25) is 0 Å². The van der Waals surface area contributed by atoms with E-state index in [-0.39, 0.29) is 12.1 Å². The molecule has 0 aromatic carbocycles. The van der Waals surface area contributed by atoms with Gasteiger partial charge < -0.3 is 20.1 Å². The molecule has 2 atom stereocenters. The third kappa shape index (κ3) is 4.91. The predicted octanol–water partition coefficient (Wildman–Crippen LogP) is 0.918. The van der Waals surface area contributed by atoms with Crippen molar-refractivity contribution >= 4 is 12.0 Å². The second-order valence-corrected chi connectivity index (χ2v) is 4.78.